The van der Waals surface area contributed by atoms with Crippen LogP contribution in [-0.4, -0.2) is 24.7 Å². The van der Waals surface area contributed by atoms with Gasteiger partial charge in [-0.05, 0) is 26.0 Å². The zero-order valence-corrected chi connectivity index (χ0v) is 10.5. The lowest BCUT2D eigenvalue weighted by molar-refractivity contribution is 0.190. The van der Waals surface area contributed by atoms with Gasteiger partial charge >= 0.3 is 0 Å². The van der Waals surface area contributed by atoms with Gasteiger partial charge in [-0.3, -0.25) is 4.98 Å². The third-order valence-electron chi connectivity index (χ3n) is 2.66. The van der Waals surface area contributed by atoms with Crippen molar-refractivity contribution in [3.05, 3.63) is 36.0 Å². The van der Waals surface area contributed by atoms with Crippen molar-refractivity contribution in [1.82, 2.24) is 4.98 Å². The molecule has 1 aromatic carbocycles. The van der Waals surface area contributed by atoms with Crippen LogP contribution in [0.1, 0.15) is 12.6 Å². The van der Waals surface area contributed by atoms with E-state index >= 15 is 0 Å². The van der Waals surface area contributed by atoms with E-state index in [0.717, 1.165) is 22.3 Å². The van der Waals surface area contributed by atoms with Crippen LogP contribution in [0.15, 0.2) is 30.3 Å². The largest absolute Gasteiger partial charge is 0.383 e. The summed E-state index contributed by atoms with van der Waals surface area (Å²) in [6.07, 6.45) is 0. The molecular formula is C14H18N2O. The van der Waals surface area contributed by atoms with E-state index < -0.39 is 0 Å². The molecule has 90 valence electrons. The van der Waals surface area contributed by atoms with Gasteiger partial charge < -0.3 is 10.1 Å². The predicted octanol–water partition coefficient (Wildman–Crippen LogP) is 2.99. The smallest absolute Gasteiger partial charge is 0.0725 e. The minimum atomic E-state index is 0.283. The third kappa shape index (κ3) is 2.74. The predicted molar refractivity (Wildman–Crippen MR) is 71.4 cm³/mol. The quantitative estimate of drug-likeness (QED) is 0.876. The molecule has 1 atom stereocenters. The maximum Gasteiger partial charge on any atom is 0.0725 e. The van der Waals surface area contributed by atoms with E-state index in [4.69, 9.17) is 4.74 Å². The average molecular weight is 230 g/mol. The highest BCUT2D eigenvalue weighted by atomic mass is 16.5. The van der Waals surface area contributed by atoms with Crippen LogP contribution in [0.25, 0.3) is 10.9 Å². The number of hydrogen-bond donors (Lipinski definition) is 1. The molecule has 0 bridgehead atoms. The number of nitrogens with zero attached hydrogens (tertiary/aromatic N) is 1. The number of fused-ring (bicyclic) bond motifs is 1. The van der Waals surface area contributed by atoms with Gasteiger partial charge in [0.05, 0.1) is 12.1 Å². The van der Waals surface area contributed by atoms with E-state index in [1.165, 1.54) is 0 Å². The van der Waals surface area contributed by atoms with Crippen LogP contribution >= 0.6 is 0 Å². The molecule has 0 radical (unpaired) electrons. The number of rotatable bonds is 4. The molecule has 1 unspecified atom stereocenters. The Labute approximate surface area is 102 Å². The van der Waals surface area contributed by atoms with Crippen molar-refractivity contribution in [1.29, 1.82) is 0 Å². The summed E-state index contributed by atoms with van der Waals surface area (Å²) in [5, 5.41) is 4.62. The van der Waals surface area contributed by atoms with Crippen molar-refractivity contribution in [3.8, 4) is 0 Å². The van der Waals surface area contributed by atoms with E-state index in [1.54, 1.807) is 7.11 Å². The molecule has 0 aliphatic carbocycles. The zero-order chi connectivity index (χ0) is 12.3. The van der Waals surface area contributed by atoms with Crippen molar-refractivity contribution in [2.75, 3.05) is 19.0 Å². The molecule has 3 nitrogen and oxygen atoms in total. The van der Waals surface area contributed by atoms with Crippen LogP contribution in [0.3, 0.4) is 0 Å². The Morgan fingerprint density at radius 1 is 1.35 bits per heavy atom. The summed E-state index contributed by atoms with van der Waals surface area (Å²) in [6.45, 7) is 4.81. The molecule has 0 aliphatic heterocycles. The number of para-hydroxylation sites is 1. The summed E-state index contributed by atoms with van der Waals surface area (Å²) in [6, 6.07) is 10.5. The van der Waals surface area contributed by atoms with E-state index in [-0.39, 0.29) is 6.04 Å². The molecule has 0 amide bonds. The van der Waals surface area contributed by atoms with Crippen molar-refractivity contribution >= 4 is 16.6 Å². The van der Waals surface area contributed by atoms with Gasteiger partial charge in [-0.1, -0.05) is 18.2 Å². The fourth-order valence-electron chi connectivity index (χ4n) is 1.98. The highest BCUT2D eigenvalue weighted by Gasteiger charge is 2.06. The first-order valence-electron chi connectivity index (χ1n) is 5.82. The summed E-state index contributed by atoms with van der Waals surface area (Å²) in [7, 11) is 1.72. The molecular weight excluding hydrogens is 212 g/mol. The molecule has 0 saturated heterocycles. The Morgan fingerprint density at radius 3 is 2.88 bits per heavy atom. The molecule has 2 rings (SSSR count). The summed E-state index contributed by atoms with van der Waals surface area (Å²) < 4.78 is 5.14. The Bertz CT molecular complexity index is 511. The molecule has 3 heteroatoms. The molecule has 0 spiro atoms. The van der Waals surface area contributed by atoms with Crippen LogP contribution < -0.4 is 5.32 Å². The van der Waals surface area contributed by atoms with Gasteiger partial charge in [-0.25, -0.2) is 0 Å². The SMILES string of the molecule is COCC(C)Nc1cc(C)nc2ccccc12. The number of nitrogens with one attached hydrogen (secondary N) is 1. The number of anilines is 1. The topological polar surface area (TPSA) is 34.1 Å². The van der Waals surface area contributed by atoms with Gasteiger partial charge in [0.1, 0.15) is 0 Å². The molecule has 2 aromatic rings. The average Bonchev–Trinajstić information content (AvgIpc) is 2.29. The Hall–Kier alpha value is -1.61. The van der Waals surface area contributed by atoms with Gasteiger partial charge in [0.25, 0.3) is 0 Å². The summed E-state index contributed by atoms with van der Waals surface area (Å²) in [5.41, 5.74) is 3.17. The van der Waals surface area contributed by atoms with Crippen LogP contribution in [0, 0.1) is 6.92 Å². The Kier molecular flexibility index (Phi) is 3.59. The number of ether oxygens (including phenoxy) is 1. The lowest BCUT2D eigenvalue weighted by atomic mass is 10.1. The molecule has 1 heterocycles. The number of pyridine rings is 1. The van der Waals surface area contributed by atoms with Crippen LogP contribution in [0.4, 0.5) is 5.69 Å². The molecule has 0 fully saturated rings. The Balaban J connectivity index is 2.38. The first-order valence-corrected chi connectivity index (χ1v) is 5.82. The lowest BCUT2D eigenvalue weighted by Gasteiger charge is -2.16. The van der Waals surface area contributed by atoms with Gasteiger partial charge in [-0.2, -0.15) is 0 Å². The third-order valence-corrected chi connectivity index (χ3v) is 2.66. The van der Waals surface area contributed by atoms with Crippen molar-refractivity contribution in [2.24, 2.45) is 0 Å². The monoisotopic (exact) mass is 230 g/mol. The molecule has 1 aromatic heterocycles. The highest BCUT2D eigenvalue weighted by molar-refractivity contribution is 5.91. The molecule has 0 saturated carbocycles. The van der Waals surface area contributed by atoms with Gasteiger partial charge in [0.2, 0.25) is 0 Å². The second-order valence-electron chi connectivity index (χ2n) is 4.33. The van der Waals surface area contributed by atoms with Gasteiger partial charge in [-0.15, -0.1) is 0 Å². The molecule has 17 heavy (non-hydrogen) atoms. The van der Waals surface area contributed by atoms with E-state index in [1.807, 2.05) is 25.1 Å². The number of hydrogen-bond acceptors (Lipinski definition) is 3. The maximum absolute atomic E-state index is 5.14. The molecule has 0 aliphatic rings. The number of benzene rings is 1. The Morgan fingerprint density at radius 2 is 2.12 bits per heavy atom. The molecule has 1 N–H and O–H groups in total. The van der Waals surface area contributed by atoms with Crippen molar-refractivity contribution in [3.63, 3.8) is 0 Å². The second kappa shape index (κ2) is 5.15. The number of methoxy groups -OCH3 is 1. The minimum absolute atomic E-state index is 0.283. The first kappa shape index (κ1) is 11.9. The van der Waals surface area contributed by atoms with Crippen LogP contribution in [0.2, 0.25) is 0 Å². The fourth-order valence-corrected chi connectivity index (χ4v) is 1.98. The number of aromatic nitrogens is 1. The minimum Gasteiger partial charge on any atom is -0.383 e. The van der Waals surface area contributed by atoms with Crippen LogP contribution in [0.5, 0.6) is 0 Å². The van der Waals surface area contributed by atoms with Gasteiger partial charge in [0.15, 0.2) is 0 Å². The second-order valence-corrected chi connectivity index (χ2v) is 4.33. The van der Waals surface area contributed by atoms with E-state index in [0.29, 0.717) is 6.61 Å². The summed E-state index contributed by atoms with van der Waals surface area (Å²) in [5.74, 6) is 0. The zero-order valence-electron chi connectivity index (χ0n) is 10.5. The van der Waals surface area contributed by atoms with E-state index in [2.05, 4.69) is 29.4 Å². The van der Waals surface area contributed by atoms with Crippen molar-refractivity contribution in [2.45, 2.75) is 19.9 Å². The van der Waals surface area contributed by atoms with Crippen molar-refractivity contribution < 1.29 is 4.74 Å². The normalized spacial score (nSPS) is 12.6. The van der Waals surface area contributed by atoms with Gasteiger partial charge in [0, 0.05) is 29.9 Å². The van der Waals surface area contributed by atoms with Crippen LogP contribution in [-0.2, 0) is 4.74 Å². The lowest BCUT2D eigenvalue weighted by Crippen LogP contribution is -2.21. The summed E-state index contributed by atoms with van der Waals surface area (Å²) in [4.78, 5) is 4.52. The highest BCUT2D eigenvalue weighted by Crippen LogP contribution is 2.23. The standard InChI is InChI=1S/C14H18N2O/c1-10-8-14(16-11(2)9-17-3)12-6-4-5-7-13(12)15-10/h4-8,11H,9H2,1-3H3,(H,15,16). The summed E-state index contributed by atoms with van der Waals surface area (Å²) >= 11 is 0. The van der Waals surface area contributed by atoms with E-state index in [9.17, 15) is 0 Å². The maximum atomic E-state index is 5.14. The fraction of sp³-hybridized carbons (Fsp3) is 0.357. The first-order chi connectivity index (χ1) is 8.20. The number of aryl methyl sites for hydroxylation is 1.